The van der Waals surface area contributed by atoms with Crippen LogP contribution in [-0.2, 0) is 11.2 Å². The summed E-state index contributed by atoms with van der Waals surface area (Å²) in [6, 6.07) is 0. The number of rotatable bonds is 4. The van der Waals surface area contributed by atoms with E-state index >= 15 is 0 Å². The van der Waals surface area contributed by atoms with Crippen molar-refractivity contribution in [3.63, 3.8) is 0 Å². The number of halogens is 2. The lowest BCUT2D eigenvalue weighted by Gasteiger charge is -1.97. The van der Waals surface area contributed by atoms with E-state index in [1.54, 1.807) is 18.4 Å². The second kappa shape index (κ2) is 5.40. The van der Waals surface area contributed by atoms with Gasteiger partial charge < -0.3 is 4.74 Å². The number of nitrogens with zero attached hydrogens (tertiary/aromatic N) is 2. The van der Waals surface area contributed by atoms with Crippen LogP contribution in [0, 0.1) is 0 Å². The molecule has 0 radical (unpaired) electrons. The second-order valence-corrected chi connectivity index (χ2v) is 5.51. The summed E-state index contributed by atoms with van der Waals surface area (Å²) >= 11 is 11.2. The summed E-state index contributed by atoms with van der Waals surface area (Å²) in [6.45, 7) is 0.764. The van der Waals surface area contributed by atoms with Crippen molar-refractivity contribution in [2.75, 3.05) is 13.7 Å². The molecule has 0 bridgehead atoms. The van der Waals surface area contributed by atoms with E-state index in [1.165, 1.54) is 11.2 Å². The molecule has 0 aliphatic heterocycles. The molecule has 0 atom stereocenters. The fourth-order valence-corrected chi connectivity index (χ4v) is 3.87. The van der Waals surface area contributed by atoms with Crippen molar-refractivity contribution in [2.45, 2.75) is 12.8 Å². The van der Waals surface area contributed by atoms with Crippen LogP contribution in [-0.4, -0.2) is 23.7 Å². The maximum absolute atomic E-state index is 6.04. The average molecular weight is 322 g/mol. The fourth-order valence-electron chi connectivity index (χ4n) is 1.45. The lowest BCUT2D eigenvalue weighted by molar-refractivity contribution is 0.195. The van der Waals surface area contributed by atoms with Gasteiger partial charge in [-0.3, -0.25) is 0 Å². The van der Waals surface area contributed by atoms with E-state index in [9.17, 15) is 0 Å². The fraction of sp³-hybridized carbons (Fsp3) is 0.400. The number of thiophene rings is 1. The van der Waals surface area contributed by atoms with Gasteiger partial charge in [0, 0.05) is 23.1 Å². The molecule has 0 spiro atoms. The minimum absolute atomic E-state index is 0.506. The SMILES string of the molecule is COCCCc1sc2ncnc(Cl)c2c1Br. The molecule has 0 unspecified atom stereocenters. The molecule has 0 saturated carbocycles. The molecule has 0 aliphatic carbocycles. The van der Waals surface area contributed by atoms with E-state index in [2.05, 4.69) is 25.9 Å². The molecule has 0 N–H and O–H groups in total. The Balaban J connectivity index is 2.33. The molecule has 16 heavy (non-hydrogen) atoms. The van der Waals surface area contributed by atoms with Crippen LogP contribution < -0.4 is 0 Å². The summed E-state index contributed by atoms with van der Waals surface area (Å²) in [4.78, 5) is 10.4. The van der Waals surface area contributed by atoms with Crippen LogP contribution in [0.3, 0.4) is 0 Å². The number of aromatic nitrogens is 2. The molecule has 2 aromatic rings. The monoisotopic (exact) mass is 320 g/mol. The van der Waals surface area contributed by atoms with E-state index in [1.807, 2.05) is 0 Å². The molecule has 6 heteroatoms. The van der Waals surface area contributed by atoms with Crippen LogP contribution in [0.2, 0.25) is 5.15 Å². The standard InChI is InChI=1S/C10H10BrClN2OS/c1-15-4-2-3-6-8(11)7-9(12)13-5-14-10(7)16-6/h5H,2-4H2,1H3. The van der Waals surface area contributed by atoms with Crippen molar-refractivity contribution in [1.29, 1.82) is 0 Å². The zero-order valence-electron chi connectivity index (χ0n) is 8.67. The van der Waals surface area contributed by atoms with Crippen LogP contribution in [0.4, 0.5) is 0 Å². The Bertz CT molecular complexity index is 503. The Morgan fingerprint density at radius 1 is 1.50 bits per heavy atom. The summed E-state index contributed by atoms with van der Waals surface area (Å²) in [5.41, 5.74) is 0. The third kappa shape index (κ3) is 2.37. The highest BCUT2D eigenvalue weighted by atomic mass is 79.9. The van der Waals surface area contributed by atoms with Crippen LogP contribution in [0.25, 0.3) is 10.2 Å². The van der Waals surface area contributed by atoms with Gasteiger partial charge in [0.05, 0.1) is 5.39 Å². The predicted octanol–water partition coefficient (Wildman–Crippen LogP) is 3.69. The zero-order valence-corrected chi connectivity index (χ0v) is 11.8. The molecular weight excluding hydrogens is 312 g/mol. The number of ether oxygens (including phenoxy) is 1. The zero-order chi connectivity index (χ0) is 11.5. The van der Waals surface area contributed by atoms with Crippen LogP contribution in [0.15, 0.2) is 10.8 Å². The van der Waals surface area contributed by atoms with E-state index in [4.69, 9.17) is 16.3 Å². The highest BCUT2D eigenvalue weighted by Crippen LogP contribution is 2.37. The Morgan fingerprint density at radius 3 is 3.00 bits per heavy atom. The van der Waals surface area contributed by atoms with Gasteiger partial charge in [-0.05, 0) is 28.8 Å². The molecule has 3 nitrogen and oxygen atoms in total. The van der Waals surface area contributed by atoms with Gasteiger partial charge in [0.2, 0.25) is 0 Å². The molecular formula is C10H10BrClN2OS. The van der Waals surface area contributed by atoms with Crippen molar-refractivity contribution in [3.05, 3.63) is 20.8 Å². The van der Waals surface area contributed by atoms with E-state index < -0.39 is 0 Å². The Kier molecular flexibility index (Phi) is 4.13. The van der Waals surface area contributed by atoms with Gasteiger partial charge in [-0.2, -0.15) is 0 Å². The highest BCUT2D eigenvalue weighted by molar-refractivity contribution is 9.10. The topological polar surface area (TPSA) is 35.0 Å². The van der Waals surface area contributed by atoms with Gasteiger partial charge in [-0.25, -0.2) is 9.97 Å². The highest BCUT2D eigenvalue weighted by Gasteiger charge is 2.13. The number of fused-ring (bicyclic) bond motifs is 1. The van der Waals surface area contributed by atoms with Crippen molar-refractivity contribution in [3.8, 4) is 0 Å². The van der Waals surface area contributed by atoms with Gasteiger partial charge in [-0.1, -0.05) is 11.6 Å². The largest absolute Gasteiger partial charge is 0.385 e. The first-order valence-corrected chi connectivity index (χ1v) is 6.79. The molecule has 0 saturated heterocycles. The van der Waals surface area contributed by atoms with E-state index in [-0.39, 0.29) is 0 Å². The lowest BCUT2D eigenvalue weighted by Crippen LogP contribution is -1.90. The predicted molar refractivity (Wildman–Crippen MR) is 70.3 cm³/mol. The van der Waals surface area contributed by atoms with Crippen LogP contribution in [0.1, 0.15) is 11.3 Å². The minimum Gasteiger partial charge on any atom is -0.385 e. The van der Waals surface area contributed by atoms with Crippen molar-refractivity contribution in [2.24, 2.45) is 0 Å². The number of hydrogen-bond acceptors (Lipinski definition) is 4. The van der Waals surface area contributed by atoms with Crippen LogP contribution >= 0.6 is 38.9 Å². The number of methoxy groups -OCH3 is 1. The Hall–Kier alpha value is -0.230. The quantitative estimate of drug-likeness (QED) is 0.636. The molecule has 0 aliphatic rings. The molecule has 0 amide bonds. The average Bonchev–Trinajstić information content (AvgIpc) is 2.58. The minimum atomic E-state index is 0.506. The maximum Gasteiger partial charge on any atom is 0.142 e. The van der Waals surface area contributed by atoms with Gasteiger partial charge in [0.25, 0.3) is 0 Å². The van der Waals surface area contributed by atoms with Crippen molar-refractivity contribution >= 4 is 49.1 Å². The third-order valence-electron chi connectivity index (χ3n) is 2.20. The molecule has 2 rings (SSSR count). The first-order valence-electron chi connectivity index (χ1n) is 4.80. The van der Waals surface area contributed by atoms with Crippen molar-refractivity contribution in [1.82, 2.24) is 9.97 Å². The lowest BCUT2D eigenvalue weighted by atomic mass is 10.2. The van der Waals surface area contributed by atoms with E-state index in [0.717, 1.165) is 34.1 Å². The normalized spacial score (nSPS) is 11.2. The molecule has 86 valence electrons. The van der Waals surface area contributed by atoms with Gasteiger partial charge in [0.15, 0.2) is 0 Å². The molecule has 2 heterocycles. The van der Waals surface area contributed by atoms with E-state index in [0.29, 0.717) is 5.15 Å². The van der Waals surface area contributed by atoms with Crippen molar-refractivity contribution < 1.29 is 4.74 Å². The summed E-state index contributed by atoms with van der Waals surface area (Å²) < 4.78 is 6.06. The van der Waals surface area contributed by atoms with Crippen LogP contribution in [0.5, 0.6) is 0 Å². The van der Waals surface area contributed by atoms with Gasteiger partial charge in [0.1, 0.15) is 16.3 Å². The summed E-state index contributed by atoms with van der Waals surface area (Å²) in [5, 5.41) is 1.42. The molecule has 0 fully saturated rings. The van der Waals surface area contributed by atoms with Gasteiger partial charge >= 0.3 is 0 Å². The maximum atomic E-state index is 6.04. The first kappa shape index (κ1) is 12.2. The molecule has 0 aromatic carbocycles. The second-order valence-electron chi connectivity index (χ2n) is 3.28. The third-order valence-corrected chi connectivity index (χ3v) is 4.78. The number of aryl methyl sites for hydroxylation is 1. The summed E-state index contributed by atoms with van der Waals surface area (Å²) in [6.07, 6.45) is 3.45. The smallest absolute Gasteiger partial charge is 0.142 e. The summed E-state index contributed by atoms with van der Waals surface area (Å²) in [5.74, 6) is 0. The van der Waals surface area contributed by atoms with Gasteiger partial charge in [-0.15, -0.1) is 11.3 Å². The number of hydrogen-bond donors (Lipinski definition) is 0. The Labute approximate surface area is 111 Å². The molecule has 2 aromatic heterocycles. The Morgan fingerprint density at radius 2 is 2.31 bits per heavy atom. The first-order chi connectivity index (χ1) is 7.74. The summed E-state index contributed by atoms with van der Waals surface area (Å²) in [7, 11) is 1.71.